The van der Waals surface area contributed by atoms with Gasteiger partial charge in [0.25, 0.3) is 0 Å². The largest absolute Gasteiger partial charge is 0.444 e. The first-order valence-corrected chi connectivity index (χ1v) is 8.82. The van der Waals surface area contributed by atoms with Gasteiger partial charge in [-0.25, -0.2) is 4.79 Å². The van der Waals surface area contributed by atoms with Crippen molar-refractivity contribution >= 4 is 6.09 Å². The van der Waals surface area contributed by atoms with Gasteiger partial charge in [0.15, 0.2) is 0 Å². The van der Waals surface area contributed by atoms with Crippen molar-refractivity contribution in [2.24, 2.45) is 0 Å². The maximum Gasteiger partial charge on any atom is 0.407 e. The zero-order chi connectivity index (χ0) is 17.3. The number of hydrogen-bond donors (Lipinski definition) is 1. The van der Waals surface area contributed by atoms with Crippen molar-refractivity contribution in [3.8, 4) is 0 Å². The predicted octanol–water partition coefficient (Wildman–Crippen LogP) is 1.47. The number of piperazine rings is 1. The van der Waals surface area contributed by atoms with E-state index in [0.717, 1.165) is 19.5 Å². The molecule has 0 radical (unpaired) electrons. The van der Waals surface area contributed by atoms with Crippen LogP contribution in [0.15, 0.2) is 0 Å². The molecule has 6 heteroatoms. The number of hydrogen-bond acceptors (Lipinski definition) is 5. The maximum atomic E-state index is 11.5. The second kappa shape index (κ2) is 10.1. The summed E-state index contributed by atoms with van der Waals surface area (Å²) in [5.41, 5.74) is -0.426. The minimum atomic E-state index is -0.426. The van der Waals surface area contributed by atoms with Crippen LogP contribution in [0.25, 0.3) is 0 Å². The number of nitrogens with one attached hydrogen (secondary N) is 1. The summed E-state index contributed by atoms with van der Waals surface area (Å²) >= 11 is 0. The second-order valence-electron chi connectivity index (χ2n) is 7.58. The summed E-state index contributed by atoms with van der Waals surface area (Å²) in [5, 5.41) is 2.81. The fourth-order valence-corrected chi connectivity index (χ4v) is 2.60. The Hall–Kier alpha value is -0.850. The van der Waals surface area contributed by atoms with Gasteiger partial charge < -0.3 is 24.8 Å². The molecule has 0 unspecified atom stereocenters. The molecule has 1 rings (SSSR count). The molecule has 1 N–H and O–H groups in total. The van der Waals surface area contributed by atoms with E-state index in [0.29, 0.717) is 6.54 Å². The normalized spacial score (nSPS) is 17.5. The number of nitrogens with zero attached hydrogens (tertiary/aromatic N) is 3. The Morgan fingerprint density at radius 2 is 1.74 bits per heavy atom. The summed E-state index contributed by atoms with van der Waals surface area (Å²) in [7, 11) is 4.34. The molecule has 136 valence electrons. The predicted molar refractivity (Wildman–Crippen MR) is 94.9 cm³/mol. The quantitative estimate of drug-likeness (QED) is 0.684. The molecule has 23 heavy (non-hydrogen) atoms. The van der Waals surface area contributed by atoms with E-state index in [-0.39, 0.29) is 6.09 Å². The topological polar surface area (TPSA) is 48.1 Å². The van der Waals surface area contributed by atoms with Crippen LogP contribution in [0, 0.1) is 0 Å². The molecule has 1 heterocycles. The van der Waals surface area contributed by atoms with E-state index in [9.17, 15) is 4.79 Å². The summed E-state index contributed by atoms with van der Waals surface area (Å²) in [4.78, 5) is 18.8. The van der Waals surface area contributed by atoms with E-state index in [1.54, 1.807) is 0 Å². The third-order valence-electron chi connectivity index (χ3n) is 3.99. The Morgan fingerprint density at radius 1 is 1.13 bits per heavy atom. The molecule has 6 nitrogen and oxygen atoms in total. The minimum Gasteiger partial charge on any atom is -0.444 e. The summed E-state index contributed by atoms with van der Waals surface area (Å²) in [6.45, 7) is 14.4. The summed E-state index contributed by atoms with van der Waals surface area (Å²) in [6, 6.07) is 0. The molecule has 0 aliphatic carbocycles. The van der Waals surface area contributed by atoms with E-state index in [2.05, 4.69) is 34.1 Å². The molecule has 0 aromatic carbocycles. The highest BCUT2D eigenvalue weighted by Gasteiger charge is 2.15. The van der Waals surface area contributed by atoms with Crippen molar-refractivity contribution in [2.75, 3.05) is 66.5 Å². The van der Waals surface area contributed by atoms with E-state index in [4.69, 9.17) is 4.74 Å². The maximum absolute atomic E-state index is 11.5. The molecule has 0 atom stereocenters. The molecule has 1 fully saturated rings. The Bertz CT molecular complexity index is 336. The van der Waals surface area contributed by atoms with Crippen molar-refractivity contribution in [2.45, 2.75) is 39.2 Å². The Balaban J connectivity index is 1.98. The van der Waals surface area contributed by atoms with E-state index in [1.807, 2.05) is 20.8 Å². The number of carbonyl (C=O) groups is 1. The van der Waals surface area contributed by atoms with Gasteiger partial charge in [0.05, 0.1) is 0 Å². The van der Waals surface area contributed by atoms with Gasteiger partial charge in [0.2, 0.25) is 0 Å². The van der Waals surface area contributed by atoms with Gasteiger partial charge >= 0.3 is 6.09 Å². The van der Waals surface area contributed by atoms with Crippen LogP contribution in [0.1, 0.15) is 33.6 Å². The van der Waals surface area contributed by atoms with Crippen molar-refractivity contribution in [1.82, 2.24) is 20.0 Å². The van der Waals surface area contributed by atoms with E-state index in [1.165, 1.54) is 39.1 Å². The van der Waals surface area contributed by atoms with Crippen LogP contribution in [0.3, 0.4) is 0 Å². The molecule has 0 spiro atoms. The molecular formula is C17H36N4O2. The van der Waals surface area contributed by atoms with Crippen LogP contribution in [-0.2, 0) is 4.74 Å². The molecule has 0 saturated carbocycles. The number of amides is 1. The Morgan fingerprint density at radius 3 is 2.35 bits per heavy atom. The standard InChI is InChI=1S/C17H36N4O2/c1-17(2,3)23-16(22)18-8-6-9-19(4)10-7-11-21-14-12-20(5)13-15-21/h6-15H2,1-5H3,(H,18,22). The first-order chi connectivity index (χ1) is 10.8. The molecule has 1 saturated heterocycles. The SMILES string of the molecule is CN(CCCNC(=O)OC(C)(C)C)CCCN1CCN(C)CC1. The zero-order valence-corrected chi connectivity index (χ0v) is 15.7. The molecule has 0 bridgehead atoms. The lowest BCUT2D eigenvalue weighted by Gasteiger charge is -2.32. The highest BCUT2D eigenvalue weighted by molar-refractivity contribution is 5.67. The van der Waals surface area contributed by atoms with Crippen LogP contribution < -0.4 is 5.32 Å². The van der Waals surface area contributed by atoms with Crippen molar-refractivity contribution in [3.05, 3.63) is 0 Å². The van der Waals surface area contributed by atoms with Gasteiger partial charge in [0, 0.05) is 32.7 Å². The average molecular weight is 329 g/mol. The molecular weight excluding hydrogens is 292 g/mol. The van der Waals surface area contributed by atoms with Gasteiger partial charge in [-0.15, -0.1) is 0 Å². The highest BCUT2D eigenvalue weighted by Crippen LogP contribution is 2.06. The van der Waals surface area contributed by atoms with E-state index < -0.39 is 5.60 Å². The smallest absolute Gasteiger partial charge is 0.407 e. The van der Waals surface area contributed by atoms with Gasteiger partial charge in [-0.3, -0.25) is 0 Å². The molecule has 1 aliphatic rings. The van der Waals surface area contributed by atoms with Crippen LogP contribution >= 0.6 is 0 Å². The number of ether oxygens (including phenoxy) is 1. The van der Waals surface area contributed by atoms with Crippen LogP contribution in [-0.4, -0.2) is 92.8 Å². The van der Waals surface area contributed by atoms with Crippen LogP contribution in [0.2, 0.25) is 0 Å². The van der Waals surface area contributed by atoms with Crippen molar-refractivity contribution in [1.29, 1.82) is 0 Å². The first-order valence-electron chi connectivity index (χ1n) is 8.82. The lowest BCUT2D eigenvalue weighted by atomic mass is 10.2. The van der Waals surface area contributed by atoms with Crippen LogP contribution in [0.4, 0.5) is 4.79 Å². The van der Waals surface area contributed by atoms with Gasteiger partial charge in [-0.05, 0) is 67.3 Å². The van der Waals surface area contributed by atoms with Crippen molar-refractivity contribution in [3.63, 3.8) is 0 Å². The molecule has 1 amide bonds. The third kappa shape index (κ3) is 10.5. The van der Waals surface area contributed by atoms with Gasteiger partial charge in [-0.1, -0.05) is 0 Å². The van der Waals surface area contributed by atoms with E-state index >= 15 is 0 Å². The van der Waals surface area contributed by atoms with Gasteiger partial charge in [0.1, 0.15) is 5.60 Å². The fraction of sp³-hybridized carbons (Fsp3) is 0.941. The summed E-state index contributed by atoms with van der Waals surface area (Å²) in [5.74, 6) is 0. The lowest BCUT2D eigenvalue weighted by Crippen LogP contribution is -2.45. The minimum absolute atomic E-state index is 0.324. The number of rotatable bonds is 8. The first kappa shape index (κ1) is 20.2. The highest BCUT2D eigenvalue weighted by atomic mass is 16.6. The molecule has 0 aromatic heterocycles. The Labute approximate surface area is 142 Å². The number of carbonyl (C=O) groups excluding carboxylic acids is 1. The number of alkyl carbamates (subject to hydrolysis) is 1. The summed E-state index contributed by atoms with van der Waals surface area (Å²) in [6.07, 6.45) is 1.83. The van der Waals surface area contributed by atoms with Crippen LogP contribution in [0.5, 0.6) is 0 Å². The molecule has 0 aromatic rings. The fourth-order valence-electron chi connectivity index (χ4n) is 2.60. The zero-order valence-electron chi connectivity index (χ0n) is 15.7. The molecule has 1 aliphatic heterocycles. The summed E-state index contributed by atoms with van der Waals surface area (Å²) < 4.78 is 5.21. The monoisotopic (exact) mass is 328 g/mol. The third-order valence-corrected chi connectivity index (χ3v) is 3.99. The lowest BCUT2D eigenvalue weighted by molar-refractivity contribution is 0.0526. The van der Waals surface area contributed by atoms with Gasteiger partial charge in [-0.2, -0.15) is 0 Å². The number of likely N-dealkylation sites (N-methyl/N-ethyl adjacent to an activating group) is 1. The van der Waals surface area contributed by atoms with Crippen molar-refractivity contribution < 1.29 is 9.53 Å². The second-order valence-corrected chi connectivity index (χ2v) is 7.58. The average Bonchev–Trinajstić information content (AvgIpc) is 2.44. The Kier molecular flexibility index (Phi) is 8.87.